The van der Waals surface area contributed by atoms with Crippen LogP contribution in [0.4, 0.5) is 0 Å². The second-order valence-electron chi connectivity index (χ2n) is 6.89. The number of unbranched alkanes of at least 4 members (excludes halogenated alkanes) is 1. The van der Waals surface area contributed by atoms with Crippen molar-refractivity contribution in [2.45, 2.75) is 39.7 Å². The molecule has 0 aliphatic carbocycles. The van der Waals surface area contributed by atoms with Crippen LogP contribution in [0, 0.1) is 5.41 Å². The Morgan fingerprint density at radius 3 is 2.12 bits per heavy atom. The first-order valence-corrected chi connectivity index (χ1v) is 8.69. The van der Waals surface area contributed by atoms with Crippen LogP contribution >= 0.6 is 0 Å². The van der Waals surface area contributed by atoms with Crippen molar-refractivity contribution in [2.75, 3.05) is 13.2 Å². The molecule has 0 saturated heterocycles. The van der Waals surface area contributed by atoms with Gasteiger partial charge in [-0.1, -0.05) is 56.3 Å². The van der Waals surface area contributed by atoms with Crippen LogP contribution in [-0.4, -0.2) is 13.2 Å². The van der Waals surface area contributed by atoms with E-state index in [0.29, 0.717) is 13.2 Å². The van der Waals surface area contributed by atoms with Crippen LogP contribution in [0.1, 0.15) is 38.7 Å². The minimum absolute atomic E-state index is 0.219. The summed E-state index contributed by atoms with van der Waals surface area (Å²) in [5.74, 6) is 1.61. The minimum Gasteiger partial charge on any atom is -0.490 e. The van der Waals surface area contributed by atoms with E-state index in [9.17, 15) is 0 Å². The lowest BCUT2D eigenvalue weighted by Crippen LogP contribution is -2.23. The Morgan fingerprint density at radius 2 is 1.46 bits per heavy atom. The van der Waals surface area contributed by atoms with Crippen LogP contribution in [0.2, 0.25) is 0 Å². The maximum atomic E-state index is 5.92. The van der Waals surface area contributed by atoms with Crippen LogP contribution in [0.15, 0.2) is 54.6 Å². The highest BCUT2D eigenvalue weighted by molar-refractivity contribution is 5.39. The summed E-state index contributed by atoms with van der Waals surface area (Å²) >= 11 is 0. The molecule has 2 aromatic carbocycles. The molecule has 0 atom stereocenters. The SMILES string of the molecule is CC(C)(CN)CCCCOc1ccccc1OCc1ccccc1. The Balaban J connectivity index is 1.79. The van der Waals surface area contributed by atoms with E-state index in [4.69, 9.17) is 15.2 Å². The van der Waals surface area contributed by atoms with Gasteiger partial charge in [0.05, 0.1) is 6.61 Å². The Hall–Kier alpha value is -2.00. The van der Waals surface area contributed by atoms with Gasteiger partial charge in [0, 0.05) is 0 Å². The Bertz CT molecular complexity index is 596. The van der Waals surface area contributed by atoms with Gasteiger partial charge in [-0.25, -0.2) is 0 Å². The fourth-order valence-electron chi connectivity index (χ4n) is 2.41. The van der Waals surface area contributed by atoms with Crippen molar-refractivity contribution >= 4 is 0 Å². The van der Waals surface area contributed by atoms with Gasteiger partial charge in [-0.2, -0.15) is 0 Å². The Kier molecular flexibility index (Phi) is 7.13. The molecule has 0 aromatic heterocycles. The molecule has 0 aliphatic heterocycles. The highest BCUT2D eigenvalue weighted by Gasteiger charge is 2.14. The van der Waals surface area contributed by atoms with Gasteiger partial charge < -0.3 is 15.2 Å². The molecule has 2 aromatic rings. The molecule has 2 N–H and O–H groups in total. The molecule has 130 valence electrons. The van der Waals surface area contributed by atoms with Crippen molar-refractivity contribution in [3.05, 3.63) is 60.2 Å². The zero-order valence-corrected chi connectivity index (χ0v) is 14.8. The monoisotopic (exact) mass is 327 g/mol. The third kappa shape index (κ3) is 6.25. The molecule has 0 radical (unpaired) electrons. The maximum Gasteiger partial charge on any atom is 0.161 e. The van der Waals surface area contributed by atoms with Gasteiger partial charge in [0.1, 0.15) is 6.61 Å². The average molecular weight is 327 g/mol. The normalized spacial score (nSPS) is 11.3. The number of para-hydroxylation sites is 2. The van der Waals surface area contributed by atoms with E-state index in [1.807, 2.05) is 42.5 Å². The summed E-state index contributed by atoms with van der Waals surface area (Å²) < 4.78 is 11.8. The molecule has 3 nitrogen and oxygen atoms in total. The van der Waals surface area contributed by atoms with Gasteiger partial charge in [0.15, 0.2) is 11.5 Å². The largest absolute Gasteiger partial charge is 0.490 e. The highest BCUT2D eigenvalue weighted by Crippen LogP contribution is 2.28. The summed E-state index contributed by atoms with van der Waals surface area (Å²) in [6.45, 7) is 6.39. The van der Waals surface area contributed by atoms with Crippen LogP contribution in [0.25, 0.3) is 0 Å². The summed E-state index contributed by atoms with van der Waals surface area (Å²) in [4.78, 5) is 0. The molecular weight excluding hydrogens is 298 g/mol. The van der Waals surface area contributed by atoms with Crippen molar-refractivity contribution in [3.8, 4) is 11.5 Å². The minimum atomic E-state index is 0.219. The molecule has 0 aliphatic rings. The van der Waals surface area contributed by atoms with Crippen LogP contribution < -0.4 is 15.2 Å². The van der Waals surface area contributed by atoms with Gasteiger partial charge in [-0.3, -0.25) is 0 Å². The number of ether oxygens (including phenoxy) is 2. The zero-order chi connectivity index (χ0) is 17.3. The standard InChI is InChI=1S/C21H29NO2/c1-21(2,17-22)14-8-9-15-23-19-12-6-7-13-20(19)24-16-18-10-4-3-5-11-18/h3-7,10-13H,8-9,14-17,22H2,1-2H3. The molecule has 0 amide bonds. The number of nitrogens with two attached hydrogens (primary N) is 1. The van der Waals surface area contributed by atoms with E-state index in [1.165, 1.54) is 0 Å². The summed E-state index contributed by atoms with van der Waals surface area (Å²) in [6.07, 6.45) is 3.27. The predicted octanol–water partition coefficient (Wildman–Crippen LogP) is 4.80. The first kappa shape index (κ1) is 18.3. The lowest BCUT2D eigenvalue weighted by molar-refractivity contribution is 0.249. The lowest BCUT2D eigenvalue weighted by Gasteiger charge is -2.21. The van der Waals surface area contributed by atoms with Gasteiger partial charge in [0.25, 0.3) is 0 Å². The van der Waals surface area contributed by atoms with Gasteiger partial charge in [0.2, 0.25) is 0 Å². The summed E-state index contributed by atoms with van der Waals surface area (Å²) in [5.41, 5.74) is 7.13. The maximum absolute atomic E-state index is 5.92. The molecule has 0 saturated carbocycles. The second kappa shape index (κ2) is 9.33. The third-order valence-corrected chi connectivity index (χ3v) is 4.14. The second-order valence-corrected chi connectivity index (χ2v) is 6.89. The Labute approximate surface area is 145 Å². The van der Waals surface area contributed by atoms with Crippen LogP contribution in [-0.2, 0) is 6.61 Å². The topological polar surface area (TPSA) is 44.5 Å². The van der Waals surface area contributed by atoms with Crippen molar-refractivity contribution in [3.63, 3.8) is 0 Å². The van der Waals surface area contributed by atoms with E-state index in [2.05, 4.69) is 26.0 Å². The zero-order valence-electron chi connectivity index (χ0n) is 14.8. The molecule has 24 heavy (non-hydrogen) atoms. The van der Waals surface area contributed by atoms with Gasteiger partial charge in [-0.15, -0.1) is 0 Å². The fourth-order valence-corrected chi connectivity index (χ4v) is 2.41. The first-order chi connectivity index (χ1) is 11.6. The molecule has 0 spiro atoms. The molecule has 0 heterocycles. The smallest absolute Gasteiger partial charge is 0.161 e. The molecular formula is C21H29NO2. The molecule has 0 fully saturated rings. The van der Waals surface area contributed by atoms with Crippen LogP contribution in [0.5, 0.6) is 11.5 Å². The van der Waals surface area contributed by atoms with Crippen LogP contribution in [0.3, 0.4) is 0 Å². The molecule has 3 heteroatoms. The van der Waals surface area contributed by atoms with Crippen molar-refractivity contribution < 1.29 is 9.47 Å². The van der Waals surface area contributed by atoms with E-state index in [-0.39, 0.29) is 5.41 Å². The van der Waals surface area contributed by atoms with E-state index < -0.39 is 0 Å². The first-order valence-electron chi connectivity index (χ1n) is 8.69. The van der Waals surface area contributed by atoms with Crippen molar-refractivity contribution in [2.24, 2.45) is 11.1 Å². The number of hydrogen-bond acceptors (Lipinski definition) is 3. The fraction of sp³-hybridized carbons (Fsp3) is 0.429. The summed E-state index contributed by atoms with van der Waals surface area (Å²) in [5, 5.41) is 0. The predicted molar refractivity (Wildman–Crippen MR) is 99.4 cm³/mol. The van der Waals surface area contributed by atoms with E-state index >= 15 is 0 Å². The average Bonchev–Trinajstić information content (AvgIpc) is 2.61. The van der Waals surface area contributed by atoms with E-state index in [0.717, 1.165) is 42.9 Å². The summed E-state index contributed by atoms with van der Waals surface area (Å²) in [6, 6.07) is 18.0. The van der Waals surface area contributed by atoms with E-state index in [1.54, 1.807) is 0 Å². The third-order valence-electron chi connectivity index (χ3n) is 4.14. The van der Waals surface area contributed by atoms with Crippen molar-refractivity contribution in [1.29, 1.82) is 0 Å². The lowest BCUT2D eigenvalue weighted by atomic mass is 9.87. The number of hydrogen-bond donors (Lipinski definition) is 1. The van der Waals surface area contributed by atoms with Gasteiger partial charge >= 0.3 is 0 Å². The molecule has 0 bridgehead atoms. The highest BCUT2D eigenvalue weighted by atomic mass is 16.5. The van der Waals surface area contributed by atoms with Crippen molar-refractivity contribution in [1.82, 2.24) is 0 Å². The summed E-state index contributed by atoms with van der Waals surface area (Å²) in [7, 11) is 0. The van der Waals surface area contributed by atoms with Gasteiger partial charge in [-0.05, 0) is 48.9 Å². The number of rotatable bonds is 10. The Morgan fingerprint density at radius 1 is 0.833 bits per heavy atom. The number of benzene rings is 2. The quantitative estimate of drug-likeness (QED) is 0.638. The molecule has 0 unspecified atom stereocenters. The molecule has 2 rings (SSSR count).